The molecule has 20 heteroatoms. The second-order valence-electron chi connectivity index (χ2n) is 25.3. The largest absolute Gasteiger partial charge is 0.480 e. The van der Waals surface area contributed by atoms with Crippen molar-refractivity contribution >= 4 is 34.7 Å². The quantitative estimate of drug-likeness (QED) is 0.0607. The molecular weight excluding hydrogens is 1120 g/mol. The summed E-state index contributed by atoms with van der Waals surface area (Å²) in [5, 5.41) is 8.18. The van der Waals surface area contributed by atoms with Crippen molar-refractivity contribution < 1.29 is 66.7 Å². The number of Topliss-reactive ketones (excluding diaryl/α,β-unsaturated/α-hetero) is 6. The number of hydrogen-bond donors (Lipinski definition) is 0. The lowest BCUT2D eigenvalue weighted by Crippen LogP contribution is -2.59. The van der Waals surface area contributed by atoms with Gasteiger partial charge in [0.2, 0.25) is 17.6 Å². The number of benzene rings is 3. The van der Waals surface area contributed by atoms with E-state index in [1.165, 1.54) is 7.11 Å². The monoisotopic (exact) mass is 1200 g/mol. The first-order chi connectivity index (χ1) is 41.4. The zero-order valence-electron chi connectivity index (χ0n) is 52.9. The van der Waals surface area contributed by atoms with E-state index in [9.17, 15) is 19.2 Å². The van der Waals surface area contributed by atoms with Crippen molar-refractivity contribution in [2.75, 3.05) is 13.7 Å². The summed E-state index contributed by atoms with van der Waals surface area (Å²) in [4.78, 5) is 106. The Bertz CT molecular complexity index is 3670. The van der Waals surface area contributed by atoms with E-state index in [0.29, 0.717) is 70.9 Å². The predicted molar refractivity (Wildman–Crippen MR) is 323 cm³/mol. The number of methoxy groups -OCH3 is 1. The Balaban J connectivity index is 1.02. The third kappa shape index (κ3) is 13.2. The molecule has 0 radical (unpaired) electrons. The first kappa shape index (κ1) is 64.3. The number of nitrogens with zero attached hydrogens (tertiary/aromatic N) is 6. The summed E-state index contributed by atoms with van der Waals surface area (Å²) in [5.41, 5.74) is -3.58. The van der Waals surface area contributed by atoms with Gasteiger partial charge < -0.3 is 37.9 Å². The number of rotatable bonds is 21. The Labute approximate surface area is 513 Å². The number of aromatic nitrogens is 6. The maximum Gasteiger partial charge on any atom is 0.325 e. The minimum Gasteiger partial charge on any atom is -0.480 e. The molecule has 20 nitrogen and oxygen atoms in total. The van der Waals surface area contributed by atoms with E-state index in [4.69, 9.17) is 37.9 Å². The highest BCUT2D eigenvalue weighted by Gasteiger charge is 2.58. The second kappa shape index (κ2) is 24.8. The van der Waals surface area contributed by atoms with Crippen molar-refractivity contribution in [2.24, 2.45) is 0 Å². The highest BCUT2D eigenvalue weighted by molar-refractivity contribution is 6.17. The molecule has 4 unspecified atom stereocenters. The fraction of sp³-hybridized carbons (Fsp3) is 0.471. The standard InChI is InChI=1S/C68H78N6O14/c1-16-40-22-25-44(84-61-69-35-38(3)36-70-61)33-46(40)52-56(77)65(9,10)87-67(13,58(52)79)30-19-21-42-23-26-43(83-50-29-28-49(81-15)73-74-50)32-48(42)53-57(78)66(11,12)88-68(14,59(53)80)31-18-20-41-24-27-45(85-62-71-37-39(4)60(72-62)82-17-2)34-47(41)51-54(75)63(5,6)86-64(7,8)55(51)76/h22-29,32-37,51-53H,16-21,30-31H2,1-15H3. The molecule has 9 rings (SSSR count). The third-order valence-corrected chi connectivity index (χ3v) is 16.7. The van der Waals surface area contributed by atoms with Crippen molar-refractivity contribution in [3.05, 3.63) is 130 Å². The topological polar surface area (TPSA) is 254 Å². The van der Waals surface area contributed by atoms with Gasteiger partial charge in [0.15, 0.2) is 34.7 Å². The Morgan fingerprint density at radius 3 is 1.34 bits per heavy atom. The lowest BCUT2D eigenvalue weighted by molar-refractivity contribution is -0.189. The normalized spacial score (nSPS) is 22.4. The molecule has 6 heterocycles. The average Bonchev–Trinajstić information content (AvgIpc) is 0.786. The van der Waals surface area contributed by atoms with Crippen LogP contribution in [0.4, 0.5) is 0 Å². The lowest BCUT2D eigenvalue weighted by Gasteiger charge is -2.45. The van der Waals surface area contributed by atoms with E-state index in [-0.39, 0.29) is 66.7 Å². The highest BCUT2D eigenvalue weighted by Crippen LogP contribution is 2.47. The first-order valence-corrected chi connectivity index (χ1v) is 29.8. The van der Waals surface area contributed by atoms with Crippen molar-refractivity contribution in [3.63, 3.8) is 0 Å². The smallest absolute Gasteiger partial charge is 0.325 e. The van der Waals surface area contributed by atoms with E-state index in [1.54, 1.807) is 148 Å². The molecular formula is C68H78N6O14. The van der Waals surface area contributed by atoms with E-state index >= 15 is 9.59 Å². The number of ketones is 6. The molecule has 0 saturated carbocycles. The van der Waals surface area contributed by atoms with Gasteiger partial charge in [-0.15, -0.1) is 10.2 Å². The van der Waals surface area contributed by atoms with Gasteiger partial charge in [0.25, 0.3) is 0 Å². The van der Waals surface area contributed by atoms with Gasteiger partial charge in [-0.05, 0) is 210 Å². The number of aryl methyl sites for hydroxylation is 5. The lowest BCUT2D eigenvalue weighted by atomic mass is 9.70. The summed E-state index contributed by atoms with van der Waals surface area (Å²) < 4.78 is 48.5. The number of carbonyl (C=O) groups excluding carboxylic acids is 6. The summed E-state index contributed by atoms with van der Waals surface area (Å²) in [6.45, 7) is 24.5. The van der Waals surface area contributed by atoms with Crippen LogP contribution in [0.15, 0.2) is 85.3 Å². The van der Waals surface area contributed by atoms with Crippen molar-refractivity contribution in [1.82, 2.24) is 30.1 Å². The predicted octanol–water partition coefficient (Wildman–Crippen LogP) is 11.5. The molecule has 0 aliphatic carbocycles. The molecule has 3 aliphatic heterocycles. The molecule has 4 atom stereocenters. The zero-order chi connectivity index (χ0) is 63.9. The molecule has 464 valence electrons. The molecule has 6 aromatic rings. The fourth-order valence-electron chi connectivity index (χ4n) is 12.3. The first-order valence-electron chi connectivity index (χ1n) is 29.8. The summed E-state index contributed by atoms with van der Waals surface area (Å²) in [7, 11) is 1.47. The van der Waals surface area contributed by atoms with Crippen LogP contribution in [-0.2, 0) is 62.2 Å². The van der Waals surface area contributed by atoms with Crippen molar-refractivity contribution in [1.29, 1.82) is 0 Å². The number of carbonyl (C=O) groups is 6. The van der Waals surface area contributed by atoms with Gasteiger partial charge in [-0.1, -0.05) is 25.1 Å². The molecule has 3 aromatic carbocycles. The maximum absolute atomic E-state index is 15.5. The van der Waals surface area contributed by atoms with Crippen LogP contribution in [0.2, 0.25) is 0 Å². The van der Waals surface area contributed by atoms with Gasteiger partial charge in [-0.3, -0.25) is 28.8 Å². The van der Waals surface area contributed by atoms with Crippen molar-refractivity contribution in [3.8, 4) is 46.9 Å². The summed E-state index contributed by atoms with van der Waals surface area (Å²) in [5.74, 6) is -4.72. The second-order valence-corrected chi connectivity index (χ2v) is 25.3. The summed E-state index contributed by atoms with van der Waals surface area (Å²) >= 11 is 0. The van der Waals surface area contributed by atoms with Crippen LogP contribution in [0.5, 0.6) is 46.9 Å². The molecule has 0 N–H and O–H groups in total. The summed E-state index contributed by atoms with van der Waals surface area (Å²) in [6.07, 6.45) is 6.83. The molecule has 3 aromatic heterocycles. The van der Waals surface area contributed by atoms with Gasteiger partial charge >= 0.3 is 12.0 Å². The van der Waals surface area contributed by atoms with E-state index < -0.39 is 80.3 Å². The van der Waals surface area contributed by atoms with Crippen LogP contribution in [0.25, 0.3) is 0 Å². The Kier molecular flexibility index (Phi) is 18.1. The Morgan fingerprint density at radius 2 is 0.886 bits per heavy atom. The van der Waals surface area contributed by atoms with Crippen LogP contribution in [0.1, 0.15) is 171 Å². The van der Waals surface area contributed by atoms with Gasteiger partial charge in [-0.25, -0.2) is 15.0 Å². The molecule has 3 fully saturated rings. The van der Waals surface area contributed by atoms with Crippen LogP contribution in [-0.4, -0.2) is 112 Å². The van der Waals surface area contributed by atoms with Gasteiger partial charge in [0.05, 0.1) is 13.7 Å². The zero-order valence-corrected chi connectivity index (χ0v) is 52.9. The van der Waals surface area contributed by atoms with E-state index in [1.807, 2.05) is 33.8 Å². The Morgan fingerprint density at radius 1 is 0.477 bits per heavy atom. The van der Waals surface area contributed by atoms with Gasteiger partial charge in [0.1, 0.15) is 68.6 Å². The van der Waals surface area contributed by atoms with Crippen molar-refractivity contribution in [2.45, 2.75) is 193 Å². The Hall–Kier alpha value is -8.20. The van der Waals surface area contributed by atoms with Crippen LogP contribution in [0.3, 0.4) is 0 Å². The van der Waals surface area contributed by atoms with Crippen LogP contribution >= 0.6 is 0 Å². The minimum atomic E-state index is -1.55. The molecule has 0 bridgehead atoms. The molecule has 0 spiro atoms. The molecule has 3 saturated heterocycles. The van der Waals surface area contributed by atoms with Gasteiger partial charge in [0, 0.05) is 36.3 Å². The minimum absolute atomic E-state index is 0.00339. The fourth-order valence-corrected chi connectivity index (χ4v) is 12.3. The highest BCUT2D eigenvalue weighted by atomic mass is 16.5. The maximum atomic E-state index is 15.5. The van der Waals surface area contributed by atoms with Gasteiger partial charge in [-0.2, -0.15) is 4.98 Å². The summed E-state index contributed by atoms with van der Waals surface area (Å²) in [6, 6.07) is 18.9. The third-order valence-electron chi connectivity index (χ3n) is 16.7. The number of hydrogen-bond acceptors (Lipinski definition) is 20. The van der Waals surface area contributed by atoms with E-state index in [2.05, 4.69) is 30.1 Å². The average molecular weight is 1200 g/mol. The van der Waals surface area contributed by atoms with E-state index in [0.717, 1.165) is 11.1 Å². The SMILES string of the molecule is CCOc1nc(Oc2ccc(CCCC3(C)OC(C)(C)C(=O)C(c4cc(Oc5ccc(OC)nn5)ccc4CCCC4(C)OC(C)(C)C(=O)C(c5cc(Oc6ncc(C)cn6)ccc5CC)C4=O)C3=O)c(C3C(=O)C(C)(C)OC(C)(C)C3=O)c2)ncc1C. The molecule has 0 amide bonds. The van der Waals surface area contributed by atoms with Crippen LogP contribution < -0.4 is 23.7 Å². The number of ether oxygens (including phenoxy) is 8. The molecule has 3 aliphatic rings. The van der Waals surface area contributed by atoms with Crippen LogP contribution in [0, 0.1) is 13.8 Å². The molecule has 88 heavy (non-hydrogen) atoms.